The van der Waals surface area contributed by atoms with Crippen molar-refractivity contribution in [1.82, 2.24) is 29.5 Å². The molecule has 8 heteroatoms. The van der Waals surface area contributed by atoms with Crippen LogP contribution in [0.3, 0.4) is 0 Å². The van der Waals surface area contributed by atoms with Gasteiger partial charge >= 0.3 is 0 Å². The second kappa shape index (κ2) is 8.63. The molecule has 1 aliphatic heterocycles. The van der Waals surface area contributed by atoms with E-state index in [4.69, 9.17) is 16.3 Å². The Balaban J connectivity index is 1.85. The number of nitrogens with zero attached hydrogens (tertiary/aromatic N) is 6. The van der Waals surface area contributed by atoms with Gasteiger partial charge in [-0.25, -0.2) is 24.9 Å². The quantitative estimate of drug-likeness (QED) is 0.374. The van der Waals surface area contributed by atoms with Crippen LogP contribution in [0, 0.1) is 11.8 Å². The molecule has 0 N–H and O–H groups in total. The topological polar surface area (TPSA) is 78.6 Å². The fourth-order valence-electron chi connectivity index (χ4n) is 3.15. The molecular weight excluding hydrogens is 376 g/mol. The van der Waals surface area contributed by atoms with E-state index in [9.17, 15) is 0 Å². The molecule has 4 rings (SSSR count). The first kappa shape index (κ1) is 18.8. The molecule has 1 aliphatic rings. The Morgan fingerprint density at radius 1 is 1.18 bits per heavy atom. The van der Waals surface area contributed by atoms with Crippen LogP contribution >= 0.6 is 11.6 Å². The van der Waals surface area contributed by atoms with E-state index in [2.05, 4.69) is 43.7 Å². The highest BCUT2D eigenvalue weighted by molar-refractivity contribution is 6.33. The van der Waals surface area contributed by atoms with Crippen LogP contribution in [0.2, 0.25) is 5.15 Å². The van der Waals surface area contributed by atoms with Crippen LogP contribution in [0.4, 0.5) is 0 Å². The zero-order valence-corrected chi connectivity index (χ0v) is 16.5. The van der Waals surface area contributed by atoms with Crippen LogP contribution in [0.15, 0.2) is 18.5 Å². The van der Waals surface area contributed by atoms with E-state index in [1.54, 1.807) is 18.5 Å². The van der Waals surface area contributed by atoms with Crippen LogP contribution in [-0.4, -0.2) is 36.1 Å². The molecule has 7 nitrogen and oxygen atoms in total. The normalized spacial score (nSPS) is 16.7. The van der Waals surface area contributed by atoms with Crippen molar-refractivity contribution < 1.29 is 4.74 Å². The summed E-state index contributed by atoms with van der Waals surface area (Å²) in [5.41, 5.74) is 1.13. The molecule has 4 heterocycles. The maximum Gasteiger partial charge on any atom is 0.201 e. The standard InChI is InChI=1S/C20H21ClN6O/c1-2-3-4-5-9-14-24-16-17(21)25-19(18-22-11-8-12-23-18)26-20(16)27(14)15-10-6-7-13-28-15/h8,11-12,15H,2-4,6-7,10,13H2,1H3. The molecule has 0 bridgehead atoms. The number of unbranched alkanes of at least 4 members (excludes halogenated alkanes) is 2. The highest BCUT2D eigenvalue weighted by atomic mass is 35.5. The summed E-state index contributed by atoms with van der Waals surface area (Å²) in [5, 5.41) is 0.263. The van der Waals surface area contributed by atoms with Gasteiger partial charge in [-0.2, -0.15) is 0 Å². The number of fused-ring (bicyclic) bond motifs is 1. The first-order chi connectivity index (χ1) is 13.8. The largest absolute Gasteiger partial charge is 0.358 e. The molecule has 0 aromatic carbocycles. The van der Waals surface area contributed by atoms with Gasteiger partial charge in [-0.3, -0.25) is 4.57 Å². The predicted molar refractivity (Wildman–Crippen MR) is 107 cm³/mol. The van der Waals surface area contributed by atoms with Crippen molar-refractivity contribution in [3.8, 4) is 23.5 Å². The molecule has 0 radical (unpaired) electrons. The van der Waals surface area contributed by atoms with Crippen LogP contribution < -0.4 is 0 Å². The number of rotatable bonds is 4. The molecule has 1 saturated heterocycles. The number of hydrogen-bond donors (Lipinski definition) is 0. The molecule has 0 amide bonds. The Bertz CT molecular complexity index is 1020. The summed E-state index contributed by atoms with van der Waals surface area (Å²) in [6, 6.07) is 1.74. The summed E-state index contributed by atoms with van der Waals surface area (Å²) >= 11 is 6.45. The molecule has 1 fully saturated rings. The van der Waals surface area contributed by atoms with Crippen molar-refractivity contribution in [2.45, 2.75) is 51.7 Å². The minimum absolute atomic E-state index is 0.162. The summed E-state index contributed by atoms with van der Waals surface area (Å²) in [4.78, 5) is 22.1. The third-order valence-electron chi connectivity index (χ3n) is 4.56. The maximum absolute atomic E-state index is 6.45. The van der Waals surface area contributed by atoms with Gasteiger partial charge < -0.3 is 4.74 Å². The number of ether oxygens (including phenoxy) is 1. The van der Waals surface area contributed by atoms with Gasteiger partial charge in [0.05, 0.1) is 0 Å². The third-order valence-corrected chi connectivity index (χ3v) is 4.83. The van der Waals surface area contributed by atoms with Crippen molar-refractivity contribution in [2.24, 2.45) is 0 Å². The van der Waals surface area contributed by atoms with Crippen molar-refractivity contribution in [3.63, 3.8) is 0 Å². The monoisotopic (exact) mass is 396 g/mol. The first-order valence-electron chi connectivity index (χ1n) is 9.61. The summed E-state index contributed by atoms with van der Waals surface area (Å²) < 4.78 is 7.96. The van der Waals surface area contributed by atoms with Crippen LogP contribution in [-0.2, 0) is 4.74 Å². The molecular formula is C20H21ClN6O. The SMILES string of the molecule is CCCCC#Cc1nc2c(Cl)nc(-c3ncccn3)nc2n1C1CCCCO1. The van der Waals surface area contributed by atoms with Crippen molar-refractivity contribution >= 4 is 22.8 Å². The average molecular weight is 397 g/mol. The van der Waals surface area contributed by atoms with Gasteiger partial charge in [0, 0.05) is 25.4 Å². The number of hydrogen-bond acceptors (Lipinski definition) is 6. The molecule has 1 unspecified atom stereocenters. The highest BCUT2D eigenvalue weighted by Gasteiger charge is 2.25. The van der Waals surface area contributed by atoms with E-state index >= 15 is 0 Å². The number of imidazole rings is 1. The molecule has 0 spiro atoms. The predicted octanol–water partition coefficient (Wildman–Crippen LogP) is 4.18. The number of aromatic nitrogens is 6. The minimum Gasteiger partial charge on any atom is -0.358 e. The molecule has 1 atom stereocenters. The van der Waals surface area contributed by atoms with Gasteiger partial charge in [-0.15, -0.1) is 0 Å². The molecule has 0 aliphatic carbocycles. The molecule has 144 valence electrons. The van der Waals surface area contributed by atoms with E-state index in [1.807, 2.05) is 4.57 Å². The van der Waals surface area contributed by atoms with Gasteiger partial charge in [-0.1, -0.05) is 30.9 Å². The molecule has 3 aromatic heterocycles. The van der Waals surface area contributed by atoms with Gasteiger partial charge in [0.15, 0.2) is 22.4 Å². The zero-order chi connectivity index (χ0) is 19.3. The first-order valence-corrected chi connectivity index (χ1v) is 9.99. The fourth-order valence-corrected chi connectivity index (χ4v) is 3.36. The summed E-state index contributed by atoms with van der Waals surface area (Å²) in [7, 11) is 0. The lowest BCUT2D eigenvalue weighted by Gasteiger charge is -2.24. The summed E-state index contributed by atoms with van der Waals surface area (Å²) in [6.07, 6.45) is 9.15. The lowest BCUT2D eigenvalue weighted by Crippen LogP contribution is -2.20. The lowest BCUT2D eigenvalue weighted by molar-refractivity contribution is -0.0302. The Hall–Kier alpha value is -2.56. The molecule has 28 heavy (non-hydrogen) atoms. The van der Waals surface area contributed by atoms with E-state index in [0.29, 0.717) is 35.2 Å². The summed E-state index contributed by atoms with van der Waals surface area (Å²) in [5.74, 6) is 7.78. The van der Waals surface area contributed by atoms with E-state index < -0.39 is 0 Å². The third kappa shape index (κ3) is 3.84. The van der Waals surface area contributed by atoms with E-state index in [0.717, 1.165) is 38.5 Å². The minimum atomic E-state index is -0.162. The van der Waals surface area contributed by atoms with Gasteiger partial charge in [0.2, 0.25) is 5.82 Å². The molecule has 3 aromatic rings. The van der Waals surface area contributed by atoms with Gasteiger partial charge in [0.1, 0.15) is 11.7 Å². The van der Waals surface area contributed by atoms with Crippen LogP contribution in [0.5, 0.6) is 0 Å². The van der Waals surface area contributed by atoms with Crippen molar-refractivity contribution in [2.75, 3.05) is 6.61 Å². The van der Waals surface area contributed by atoms with E-state index in [-0.39, 0.29) is 11.4 Å². The molecule has 0 saturated carbocycles. The van der Waals surface area contributed by atoms with Crippen molar-refractivity contribution in [3.05, 3.63) is 29.4 Å². The Morgan fingerprint density at radius 2 is 2.04 bits per heavy atom. The van der Waals surface area contributed by atoms with Crippen molar-refractivity contribution in [1.29, 1.82) is 0 Å². The Labute approximate surface area is 168 Å². The fraction of sp³-hybridized carbons (Fsp3) is 0.450. The second-order valence-corrected chi connectivity index (χ2v) is 6.97. The Kier molecular flexibility index (Phi) is 5.79. The Morgan fingerprint density at radius 3 is 2.79 bits per heavy atom. The highest BCUT2D eigenvalue weighted by Crippen LogP contribution is 2.30. The lowest BCUT2D eigenvalue weighted by atomic mass is 10.2. The maximum atomic E-state index is 6.45. The van der Waals surface area contributed by atoms with Gasteiger partial charge in [-0.05, 0) is 37.7 Å². The van der Waals surface area contributed by atoms with Crippen LogP contribution in [0.1, 0.15) is 57.5 Å². The zero-order valence-electron chi connectivity index (χ0n) is 15.7. The average Bonchev–Trinajstić information content (AvgIpc) is 3.11. The van der Waals surface area contributed by atoms with E-state index in [1.165, 1.54) is 0 Å². The number of halogens is 1. The van der Waals surface area contributed by atoms with Gasteiger partial charge in [0.25, 0.3) is 0 Å². The smallest absolute Gasteiger partial charge is 0.201 e. The van der Waals surface area contributed by atoms with Crippen LogP contribution in [0.25, 0.3) is 22.8 Å². The summed E-state index contributed by atoms with van der Waals surface area (Å²) in [6.45, 7) is 2.86. The second-order valence-electron chi connectivity index (χ2n) is 6.61.